The number of hydrogen-bond donors (Lipinski definition) is 2. The molecule has 0 spiro atoms. The van der Waals surface area contributed by atoms with Crippen LogP contribution in [-0.4, -0.2) is 9.97 Å². The molecule has 114 valence electrons. The van der Waals surface area contributed by atoms with Gasteiger partial charge >= 0.3 is 0 Å². The van der Waals surface area contributed by atoms with Crippen LogP contribution in [0.15, 0.2) is 6.07 Å². The minimum absolute atomic E-state index is 0.579. The van der Waals surface area contributed by atoms with Gasteiger partial charge in [-0.05, 0) is 0 Å². The van der Waals surface area contributed by atoms with Gasteiger partial charge in [-0.25, -0.2) is 0 Å². The molecule has 4 N–H and O–H groups in total. The molecule has 0 aliphatic heterocycles. The molecule has 0 unspecified atom stereocenters. The zero-order valence-electron chi connectivity index (χ0n) is 9.77. The summed E-state index contributed by atoms with van der Waals surface area (Å²) in [5, 5.41) is -0.705. The van der Waals surface area contributed by atoms with E-state index in [4.69, 9.17) is 23.1 Å². The summed E-state index contributed by atoms with van der Waals surface area (Å²) in [6.45, 7) is 0. The van der Waals surface area contributed by atoms with E-state index in [0.29, 0.717) is 6.07 Å². The first-order valence-corrected chi connectivity index (χ1v) is 5.25. The van der Waals surface area contributed by atoms with E-state index in [9.17, 15) is 26.3 Å². The van der Waals surface area contributed by atoms with Crippen LogP contribution in [0.3, 0.4) is 0 Å². The van der Waals surface area contributed by atoms with Crippen LogP contribution >= 0.6 is 11.6 Å². The highest BCUT2D eigenvalue weighted by Crippen LogP contribution is 2.24. The van der Waals surface area contributed by atoms with E-state index in [-0.39, 0.29) is 0 Å². The molecule has 0 aromatic carbocycles. The van der Waals surface area contributed by atoms with Crippen LogP contribution in [0.25, 0.3) is 0 Å². The van der Waals surface area contributed by atoms with Gasteiger partial charge in [0.1, 0.15) is 5.02 Å². The molecule has 0 saturated heterocycles. The molecule has 0 saturated carbocycles. The first-order valence-electron chi connectivity index (χ1n) is 4.87. The van der Waals surface area contributed by atoms with Crippen molar-refractivity contribution in [3.05, 3.63) is 46.5 Å². The number of hydrogen-bond acceptors (Lipinski definition) is 4. The van der Waals surface area contributed by atoms with Crippen molar-refractivity contribution in [3.8, 4) is 0 Å². The quantitative estimate of drug-likeness (QED) is 0.575. The van der Waals surface area contributed by atoms with Gasteiger partial charge in [-0.3, -0.25) is 0 Å². The molecule has 11 heteroatoms. The van der Waals surface area contributed by atoms with Gasteiger partial charge in [0.2, 0.25) is 23.5 Å². The minimum atomic E-state index is -1.59. The third-order valence-corrected chi connectivity index (χ3v) is 2.31. The Labute approximate surface area is 118 Å². The van der Waals surface area contributed by atoms with Crippen molar-refractivity contribution in [1.82, 2.24) is 9.97 Å². The fraction of sp³-hybridized carbons (Fsp3) is 0. The Morgan fingerprint density at radius 1 is 0.810 bits per heavy atom. The van der Waals surface area contributed by atoms with Crippen molar-refractivity contribution < 1.29 is 26.3 Å². The van der Waals surface area contributed by atoms with E-state index in [1.54, 1.807) is 0 Å². The molecular formula is C10H5ClF6N4. The number of pyridine rings is 2. The Morgan fingerprint density at radius 2 is 1.33 bits per heavy atom. The molecule has 4 nitrogen and oxygen atoms in total. The SMILES string of the molecule is Nc1c(F)c(F)nc(F)c1Cl.Nc1cc(F)nc(F)c1F. The Kier molecular flexibility index (Phi) is 5.19. The van der Waals surface area contributed by atoms with Crippen LogP contribution < -0.4 is 11.5 Å². The summed E-state index contributed by atoms with van der Waals surface area (Å²) in [5.74, 6) is -8.31. The van der Waals surface area contributed by atoms with Gasteiger partial charge in [-0.15, -0.1) is 0 Å². The predicted molar refractivity (Wildman–Crippen MR) is 62.1 cm³/mol. The lowest BCUT2D eigenvalue weighted by Crippen LogP contribution is -2.01. The maximum absolute atomic E-state index is 12.4. The number of halogens is 7. The van der Waals surface area contributed by atoms with Crippen molar-refractivity contribution in [2.24, 2.45) is 0 Å². The normalized spacial score (nSPS) is 10.0. The van der Waals surface area contributed by atoms with Crippen LogP contribution in [0.2, 0.25) is 5.02 Å². The fourth-order valence-electron chi connectivity index (χ4n) is 0.989. The van der Waals surface area contributed by atoms with Crippen LogP contribution in [0.4, 0.5) is 37.7 Å². The van der Waals surface area contributed by atoms with Crippen LogP contribution in [0.1, 0.15) is 0 Å². The van der Waals surface area contributed by atoms with Crippen LogP contribution in [-0.2, 0) is 0 Å². The summed E-state index contributed by atoms with van der Waals surface area (Å²) in [7, 11) is 0. The summed E-state index contributed by atoms with van der Waals surface area (Å²) >= 11 is 5.09. The number of nitrogen functional groups attached to an aromatic ring is 2. The molecule has 2 heterocycles. The number of nitrogens with zero attached hydrogens (tertiary/aromatic N) is 2. The monoisotopic (exact) mass is 330 g/mol. The van der Waals surface area contributed by atoms with Gasteiger partial charge in [-0.1, -0.05) is 11.6 Å². The fourth-order valence-corrected chi connectivity index (χ4v) is 1.11. The zero-order chi connectivity index (χ0) is 16.3. The van der Waals surface area contributed by atoms with Gasteiger partial charge in [-0.2, -0.15) is 36.3 Å². The topological polar surface area (TPSA) is 77.8 Å². The van der Waals surface area contributed by atoms with E-state index in [2.05, 4.69) is 9.97 Å². The maximum atomic E-state index is 12.4. The average molecular weight is 331 g/mol. The number of nitrogens with two attached hydrogens (primary N) is 2. The Hall–Kier alpha value is -2.23. The lowest BCUT2D eigenvalue weighted by Gasteiger charge is -1.99. The largest absolute Gasteiger partial charge is 0.396 e. The van der Waals surface area contributed by atoms with E-state index in [1.807, 2.05) is 0 Å². The second kappa shape index (κ2) is 6.48. The Bertz CT molecular complexity index is 632. The first-order chi connectivity index (χ1) is 9.65. The smallest absolute Gasteiger partial charge is 0.253 e. The lowest BCUT2D eigenvalue weighted by atomic mass is 10.4. The molecule has 0 fully saturated rings. The highest BCUT2D eigenvalue weighted by atomic mass is 35.5. The van der Waals surface area contributed by atoms with Crippen molar-refractivity contribution >= 4 is 23.0 Å². The summed E-state index contributed by atoms with van der Waals surface area (Å²) in [6.07, 6.45) is 0. The Balaban J connectivity index is 0.000000211. The molecule has 0 radical (unpaired) electrons. The molecule has 0 aliphatic carbocycles. The zero-order valence-corrected chi connectivity index (χ0v) is 10.5. The van der Waals surface area contributed by atoms with Crippen molar-refractivity contribution in [2.75, 3.05) is 11.5 Å². The molecule has 2 aromatic rings. The number of anilines is 2. The second-order valence-electron chi connectivity index (χ2n) is 3.37. The third kappa shape index (κ3) is 3.88. The molecule has 0 atom stereocenters. The van der Waals surface area contributed by atoms with Gasteiger partial charge in [0.05, 0.1) is 11.4 Å². The predicted octanol–water partition coefficient (Wildman–Crippen LogP) is 2.82. The summed E-state index contributed by atoms with van der Waals surface area (Å²) in [5.41, 5.74) is 8.34. The second-order valence-corrected chi connectivity index (χ2v) is 3.75. The molecule has 0 aliphatic rings. The number of rotatable bonds is 0. The third-order valence-electron chi connectivity index (χ3n) is 1.95. The summed E-state index contributed by atoms with van der Waals surface area (Å²) in [6, 6.07) is 0.610. The molecule has 2 rings (SSSR count). The van der Waals surface area contributed by atoms with E-state index in [1.165, 1.54) is 0 Å². The van der Waals surface area contributed by atoms with Gasteiger partial charge < -0.3 is 11.5 Å². The molecule has 2 aromatic heterocycles. The maximum Gasteiger partial charge on any atom is 0.253 e. The van der Waals surface area contributed by atoms with Crippen LogP contribution in [0.5, 0.6) is 0 Å². The first kappa shape index (κ1) is 16.8. The molecular weight excluding hydrogens is 326 g/mol. The average Bonchev–Trinajstić information content (AvgIpc) is 2.41. The number of aromatic nitrogens is 2. The van der Waals surface area contributed by atoms with Crippen LogP contribution in [0, 0.1) is 35.4 Å². The highest BCUT2D eigenvalue weighted by Gasteiger charge is 2.15. The standard InChI is InChI=1S/C5H2ClF3N2.C5H3F3N2/c6-1-3(10)2(7)5(9)11-4(1)8;6-3-1-2(9)4(7)5(8)10-3/h(H2,10,11);1H,(H2,9,10). The van der Waals surface area contributed by atoms with Crippen molar-refractivity contribution in [2.45, 2.75) is 0 Å². The molecule has 0 amide bonds. The van der Waals surface area contributed by atoms with Crippen molar-refractivity contribution in [3.63, 3.8) is 0 Å². The van der Waals surface area contributed by atoms with Gasteiger partial charge in [0, 0.05) is 6.07 Å². The highest BCUT2D eigenvalue weighted by molar-refractivity contribution is 6.33. The summed E-state index contributed by atoms with van der Waals surface area (Å²) in [4.78, 5) is 5.06. The minimum Gasteiger partial charge on any atom is -0.396 e. The Morgan fingerprint density at radius 3 is 1.86 bits per heavy atom. The van der Waals surface area contributed by atoms with Crippen molar-refractivity contribution in [1.29, 1.82) is 0 Å². The molecule has 0 bridgehead atoms. The summed E-state index contributed by atoms with van der Waals surface area (Å²) < 4.78 is 73.0. The lowest BCUT2D eigenvalue weighted by molar-refractivity contribution is 0.450. The van der Waals surface area contributed by atoms with E-state index >= 15 is 0 Å². The van der Waals surface area contributed by atoms with E-state index in [0.717, 1.165) is 0 Å². The van der Waals surface area contributed by atoms with Gasteiger partial charge in [0.15, 0.2) is 0 Å². The van der Waals surface area contributed by atoms with Gasteiger partial charge in [0.25, 0.3) is 11.9 Å². The molecule has 21 heavy (non-hydrogen) atoms. The van der Waals surface area contributed by atoms with E-state index < -0.39 is 51.8 Å².